The summed E-state index contributed by atoms with van der Waals surface area (Å²) in [6.45, 7) is 0. The lowest BCUT2D eigenvalue weighted by atomic mass is 10.1. The first-order valence-electron chi connectivity index (χ1n) is 8.47. The molecule has 0 spiro atoms. The maximum atomic E-state index is 13.0. The van der Waals surface area contributed by atoms with Gasteiger partial charge < -0.3 is 4.74 Å². The van der Waals surface area contributed by atoms with E-state index in [1.165, 1.54) is 13.2 Å². The number of alkyl halides is 3. The number of halogens is 3. The van der Waals surface area contributed by atoms with Crippen molar-refractivity contribution in [3.05, 3.63) is 75.6 Å². The molecule has 0 amide bonds. The first-order chi connectivity index (χ1) is 14.3. The number of anilines is 1. The molecule has 0 fully saturated rings. The number of rotatable bonds is 5. The second-order valence-electron chi connectivity index (χ2n) is 5.98. The van der Waals surface area contributed by atoms with Crippen LogP contribution < -0.4 is 15.7 Å². The molecule has 0 saturated heterocycles. The Balaban J connectivity index is 1.91. The van der Waals surface area contributed by atoms with Gasteiger partial charge in [-0.3, -0.25) is 9.78 Å². The Morgan fingerprint density at radius 2 is 1.97 bits per heavy atom. The van der Waals surface area contributed by atoms with E-state index in [1.807, 2.05) is 6.07 Å². The Morgan fingerprint density at radius 1 is 1.23 bits per heavy atom. The molecule has 30 heavy (non-hydrogen) atoms. The summed E-state index contributed by atoms with van der Waals surface area (Å²) in [5, 5.41) is 13.1. The van der Waals surface area contributed by atoms with Crippen molar-refractivity contribution in [2.75, 3.05) is 12.5 Å². The van der Waals surface area contributed by atoms with Crippen LogP contribution in [0, 0.1) is 11.3 Å². The SMILES string of the molecule is COc1cc(C=NNc2nc(-c3ccccc3)c(C#N)c(=O)[nH]2)cc(C(F)(F)F)c1. The normalized spacial score (nSPS) is 11.3. The van der Waals surface area contributed by atoms with E-state index in [4.69, 9.17) is 4.74 Å². The molecule has 0 saturated carbocycles. The minimum atomic E-state index is -4.55. The first kappa shape index (κ1) is 20.6. The molecule has 7 nitrogen and oxygen atoms in total. The Kier molecular flexibility index (Phi) is 5.83. The summed E-state index contributed by atoms with van der Waals surface area (Å²) in [5.74, 6) is -0.0596. The molecule has 0 unspecified atom stereocenters. The predicted molar refractivity (Wildman–Crippen MR) is 104 cm³/mol. The molecule has 2 aromatic carbocycles. The van der Waals surface area contributed by atoms with Gasteiger partial charge >= 0.3 is 6.18 Å². The molecule has 0 radical (unpaired) electrons. The van der Waals surface area contributed by atoms with Crippen LogP contribution in [0.15, 0.2) is 58.4 Å². The minimum Gasteiger partial charge on any atom is -0.497 e. The number of hydrogen-bond donors (Lipinski definition) is 2. The van der Waals surface area contributed by atoms with Crippen LogP contribution in [0.5, 0.6) is 5.75 Å². The number of aromatic amines is 1. The number of benzene rings is 2. The number of methoxy groups -OCH3 is 1. The standard InChI is InChI=1S/C20H14F3N5O2/c1-30-15-8-12(7-14(9-15)20(21,22)23)11-25-28-19-26-17(13-5-3-2-4-6-13)16(10-24)18(29)27-19/h2-9,11H,1H3,(H2,26,27,28,29). The summed E-state index contributed by atoms with van der Waals surface area (Å²) in [6.07, 6.45) is -3.42. The number of nitriles is 1. The van der Waals surface area contributed by atoms with Crippen LogP contribution in [-0.4, -0.2) is 23.3 Å². The maximum absolute atomic E-state index is 13.0. The van der Waals surface area contributed by atoms with E-state index in [1.54, 1.807) is 30.3 Å². The van der Waals surface area contributed by atoms with E-state index in [0.29, 0.717) is 5.56 Å². The number of nitrogens with one attached hydrogen (secondary N) is 2. The van der Waals surface area contributed by atoms with E-state index >= 15 is 0 Å². The Labute approximate surface area is 168 Å². The van der Waals surface area contributed by atoms with Crippen molar-refractivity contribution in [1.82, 2.24) is 9.97 Å². The molecule has 3 aromatic rings. The van der Waals surface area contributed by atoms with Gasteiger partial charge in [0.1, 0.15) is 17.4 Å². The van der Waals surface area contributed by atoms with Crippen molar-refractivity contribution in [3.63, 3.8) is 0 Å². The van der Waals surface area contributed by atoms with Gasteiger partial charge in [-0.05, 0) is 23.8 Å². The fraction of sp³-hybridized carbons (Fsp3) is 0.100. The minimum absolute atomic E-state index is 0.0162. The number of hydrazone groups is 1. The lowest BCUT2D eigenvalue weighted by Gasteiger charge is -2.10. The molecule has 0 atom stereocenters. The highest BCUT2D eigenvalue weighted by Crippen LogP contribution is 2.32. The van der Waals surface area contributed by atoms with Crippen molar-refractivity contribution >= 4 is 12.2 Å². The highest BCUT2D eigenvalue weighted by Gasteiger charge is 2.31. The lowest BCUT2D eigenvalue weighted by Crippen LogP contribution is -2.16. The molecule has 0 aliphatic rings. The zero-order valence-electron chi connectivity index (χ0n) is 15.5. The zero-order valence-corrected chi connectivity index (χ0v) is 15.5. The number of nitrogens with zero attached hydrogens (tertiary/aromatic N) is 3. The average molecular weight is 413 g/mol. The van der Waals surface area contributed by atoms with Crippen LogP contribution >= 0.6 is 0 Å². The van der Waals surface area contributed by atoms with Crippen LogP contribution in [0.25, 0.3) is 11.3 Å². The second-order valence-corrected chi connectivity index (χ2v) is 5.98. The highest BCUT2D eigenvalue weighted by atomic mass is 19.4. The van der Waals surface area contributed by atoms with Gasteiger partial charge in [-0.1, -0.05) is 30.3 Å². The fourth-order valence-electron chi connectivity index (χ4n) is 2.58. The molecule has 152 valence electrons. The third-order valence-corrected chi connectivity index (χ3v) is 3.95. The summed E-state index contributed by atoms with van der Waals surface area (Å²) in [4.78, 5) is 18.7. The van der Waals surface area contributed by atoms with Crippen LogP contribution in [0.2, 0.25) is 0 Å². The first-order valence-corrected chi connectivity index (χ1v) is 8.47. The Bertz CT molecular complexity index is 1180. The molecular formula is C20H14F3N5O2. The van der Waals surface area contributed by atoms with Crippen molar-refractivity contribution in [2.45, 2.75) is 6.18 Å². The van der Waals surface area contributed by atoms with Crippen LogP contribution in [-0.2, 0) is 6.18 Å². The summed E-state index contributed by atoms with van der Waals surface area (Å²) in [5.41, 5.74) is 1.55. The number of ether oxygens (including phenoxy) is 1. The van der Waals surface area contributed by atoms with Crippen LogP contribution in [0.1, 0.15) is 16.7 Å². The smallest absolute Gasteiger partial charge is 0.416 e. The third-order valence-electron chi connectivity index (χ3n) is 3.95. The van der Waals surface area contributed by atoms with E-state index in [9.17, 15) is 23.2 Å². The zero-order chi connectivity index (χ0) is 21.7. The summed E-state index contributed by atoms with van der Waals surface area (Å²) in [6, 6.07) is 13.5. The van der Waals surface area contributed by atoms with Crippen molar-refractivity contribution in [1.29, 1.82) is 5.26 Å². The van der Waals surface area contributed by atoms with Gasteiger partial charge in [-0.25, -0.2) is 10.4 Å². The van der Waals surface area contributed by atoms with Gasteiger partial charge in [0.2, 0.25) is 5.95 Å². The Hall–Kier alpha value is -4.13. The summed E-state index contributed by atoms with van der Waals surface area (Å²) < 4.78 is 43.9. The molecule has 10 heteroatoms. The highest BCUT2D eigenvalue weighted by molar-refractivity contribution is 5.81. The molecule has 3 rings (SSSR count). The van der Waals surface area contributed by atoms with E-state index in [0.717, 1.165) is 18.3 Å². The van der Waals surface area contributed by atoms with Crippen molar-refractivity contribution in [3.8, 4) is 23.1 Å². The van der Waals surface area contributed by atoms with Gasteiger partial charge in [0.05, 0.1) is 24.6 Å². The lowest BCUT2D eigenvalue weighted by molar-refractivity contribution is -0.137. The topological polar surface area (TPSA) is 103 Å². The fourth-order valence-corrected chi connectivity index (χ4v) is 2.58. The molecular weight excluding hydrogens is 399 g/mol. The molecule has 1 heterocycles. The number of H-pyrrole nitrogens is 1. The van der Waals surface area contributed by atoms with E-state index < -0.39 is 17.3 Å². The molecule has 0 bridgehead atoms. The molecule has 1 aromatic heterocycles. The van der Waals surface area contributed by atoms with Gasteiger partial charge in [-0.15, -0.1) is 0 Å². The van der Waals surface area contributed by atoms with Crippen LogP contribution in [0.3, 0.4) is 0 Å². The van der Waals surface area contributed by atoms with Gasteiger partial charge in [0.25, 0.3) is 5.56 Å². The number of hydrogen-bond acceptors (Lipinski definition) is 6. The van der Waals surface area contributed by atoms with Gasteiger partial charge in [0.15, 0.2) is 0 Å². The second kappa shape index (κ2) is 8.48. The van der Waals surface area contributed by atoms with E-state index in [-0.39, 0.29) is 28.5 Å². The van der Waals surface area contributed by atoms with Crippen molar-refractivity contribution in [2.24, 2.45) is 5.10 Å². The summed E-state index contributed by atoms with van der Waals surface area (Å²) >= 11 is 0. The monoisotopic (exact) mass is 413 g/mol. The maximum Gasteiger partial charge on any atom is 0.416 e. The average Bonchev–Trinajstić information content (AvgIpc) is 2.73. The van der Waals surface area contributed by atoms with Crippen molar-refractivity contribution < 1.29 is 17.9 Å². The molecule has 0 aliphatic carbocycles. The largest absolute Gasteiger partial charge is 0.497 e. The summed E-state index contributed by atoms with van der Waals surface area (Å²) in [7, 11) is 1.26. The number of aromatic nitrogens is 2. The van der Waals surface area contributed by atoms with Gasteiger partial charge in [-0.2, -0.15) is 23.5 Å². The van der Waals surface area contributed by atoms with Gasteiger partial charge in [0, 0.05) is 5.56 Å². The van der Waals surface area contributed by atoms with Crippen LogP contribution in [0.4, 0.5) is 19.1 Å². The third kappa shape index (κ3) is 4.64. The predicted octanol–water partition coefficient (Wildman–Crippen LogP) is 3.78. The quantitative estimate of drug-likeness (QED) is 0.489. The molecule has 0 aliphatic heterocycles. The Morgan fingerprint density at radius 3 is 2.60 bits per heavy atom. The van der Waals surface area contributed by atoms with E-state index in [2.05, 4.69) is 20.5 Å². The molecule has 2 N–H and O–H groups in total.